The van der Waals surface area contributed by atoms with Crippen molar-refractivity contribution in [2.75, 3.05) is 18.1 Å². The molecule has 0 bridgehead atoms. The Balaban J connectivity index is 1.81. The molecule has 2 fully saturated rings. The molecule has 1 aliphatic heterocycles. The van der Waals surface area contributed by atoms with Gasteiger partial charge < -0.3 is 9.64 Å². The van der Waals surface area contributed by atoms with Crippen LogP contribution in [0.4, 0.5) is 5.69 Å². The Hall–Kier alpha value is -1.20. The van der Waals surface area contributed by atoms with E-state index >= 15 is 0 Å². The van der Waals surface area contributed by atoms with Crippen LogP contribution in [0, 0.1) is 0 Å². The Bertz CT molecular complexity index is 648. The minimum atomic E-state index is 0.391. The van der Waals surface area contributed by atoms with Gasteiger partial charge in [-0.05, 0) is 47.3 Å². The van der Waals surface area contributed by atoms with Crippen LogP contribution in [-0.2, 0) is 4.74 Å². The van der Waals surface area contributed by atoms with Crippen molar-refractivity contribution < 1.29 is 4.74 Å². The summed E-state index contributed by atoms with van der Waals surface area (Å²) in [7, 11) is 0. The minimum absolute atomic E-state index is 0.391. The number of aromatic nitrogens is 2. The predicted octanol–water partition coefficient (Wildman–Crippen LogP) is 3.15. The molecule has 2 aromatic heterocycles. The van der Waals surface area contributed by atoms with Crippen molar-refractivity contribution >= 4 is 32.7 Å². The number of hydrogen-bond acceptors (Lipinski definition) is 4. The molecule has 5 heteroatoms. The highest BCUT2D eigenvalue weighted by molar-refractivity contribution is 9.10. The molecule has 20 heavy (non-hydrogen) atoms. The molecule has 1 saturated heterocycles. The maximum Gasteiger partial charge on any atom is 0.112 e. The van der Waals surface area contributed by atoms with Gasteiger partial charge in [0.05, 0.1) is 30.0 Å². The van der Waals surface area contributed by atoms with Crippen LogP contribution in [0.2, 0.25) is 0 Å². The first-order valence-electron chi connectivity index (χ1n) is 7.11. The number of morpholine rings is 1. The lowest BCUT2D eigenvalue weighted by Gasteiger charge is -2.39. The van der Waals surface area contributed by atoms with E-state index in [2.05, 4.69) is 36.9 Å². The quantitative estimate of drug-likeness (QED) is 0.803. The van der Waals surface area contributed by atoms with E-state index in [1.807, 2.05) is 18.5 Å². The lowest BCUT2D eigenvalue weighted by molar-refractivity contribution is 0.0257. The van der Waals surface area contributed by atoms with Gasteiger partial charge in [0.25, 0.3) is 0 Å². The Kier molecular flexibility index (Phi) is 3.11. The standard InChI is InChI=1S/C15H16BrN3O/c16-10-8-11-15(18-9-10)13(4-5-17-11)19-6-7-20-14-3-1-2-12(14)19/h4-5,8-9,12,14H,1-3,6-7H2. The lowest BCUT2D eigenvalue weighted by atomic mass is 10.1. The molecule has 104 valence electrons. The molecule has 2 aliphatic rings. The highest BCUT2D eigenvalue weighted by Gasteiger charge is 2.36. The van der Waals surface area contributed by atoms with E-state index < -0.39 is 0 Å². The summed E-state index contributed by atoms with van der Waals surface area (Å²) in [5.41, 5.74) is 3.13. The first-order valence-corrected chi connectivity index (χ1v) is 7.91. The van der Waals surface area contributed by atoms with E-state index in [-0.39, 0.29) is 0 Å². The molecule has 2 unspecified atom stereocenters. The van der Waals surface area contributed by atoms with Crippen molar-refractivity contribution in [1.82, 2.24) is 9.97 Å². The number of ether oxygens (including phenoxy) is 1. The largest absolute Gasteiger partial charge is 0.374 e. The molecular weight excluding hydrogens is 318 g/mol. The van der Waals surface area contributed by atoms with Gasteiger partial charge in [-0.3, -0.25) is 9.97 Å². The van der Waals surface area contributed by atoms with Gasteiger partial charge in [0, 0.05) is 23.4 Å². The van der Waals surface area contributed by atoms with Gasteiger partial charge in [-0.2, -0.15) is 0 Å². The molecule has 0 spiro atoms. The molecule has 0 radical (unpaired) electrons. The number of hydrogen-bond donors (Lipinski definition) is 0. The molecule has 4 nitrogen and oxygen atoms in total. The smallest absolute Gasteiger partial charge is 0.112 e. The van der Waals surface area contributed by atoms with Crippen molar-refractivity contribution in [3.8, 4) is 0 Å². The monoisotopic (exact) mass is 333 g/mol. The van der Waals surface area contributed by atoms with Crippen LogP contribution >= 0.6 is 15.9 Å². The van der Waals surface area contributed by atoms with E-state index in [1.165, 1.54) is 24.9 Å². The van der Waals surface area contributed by atoms with E-state index in [4.69, 9.17) is 4.74 Å². The zero-order chi connectivity index (χ0) is 13.5. The highest BCUT2D eigenvalue weighted by Crippen LogP contribution is 2.35. The summed E-state index contributed by atoms with van der Waals surface area (Å²) in [5, 5.41) is 0. The molecule has 1 saturated carbocycles. The lowest BCUT2D eigenvalue weighted by Crippen LogP contribution is -2.48. The number of rotatable bonds is 1. The Morgan fingerprint density at radius 1 is 1.30 bits per heavy atom. The zero-order valence-electron chi connectivity index (χ0n) is 11.1. The highest BCUT2D eigenvalue weighted by atomic mass is 79.9. The summed E-state index contributed by atoms with van der Waals surface area (Å²) >= 11 is 3.46. The number of anilines is 1. The summed E-state index contributed by atoms with van der Waals surface area (Å²) in [6.45, 7) is 1.75. The summed E-state index contributed by atoms with van der Waals surface area (Å²) in [4.78, 5) is 11.5. The van der Waals surface area contributed by atoms with E-state index in [0.29, 0.717) is 12.1 Å². The fourth-order valence-electron chi connectivity index (χ4n) is 3.45. The van der Waals surface area contributed by atoms with E-state index in [1.54, 1.807) is 0 Å². The summed E-state index contributed by atoms with van der Waals surface area (Å²) < 4.78 is 6.87. The second kappa shape index (κ2) is 4.97. The molecule has 2 aromatic rings. The van der Waals surface area contributed by atoms with Crippen molar-refractivity contribution in [3.63, 3.8) is 0 Å². The normalized spacial score (nSPS) is 25.9. The average molecular weight is 334 g/mol. The summed E-state index contributed by atoms with van der Waals surface area (Å²) in [6, 6.07) is 4.61. The van der Waals surface area contributed by atoms with Gasteiger partial charge in [0.15, 0.2) is 0 Å². The third-order valence-electron chi connectivity index (χ3n) is 4.31. The number of pyridine rings is 2. The Morgan fingerprint density at radius 3 is 3.20 bits per heavy atom. The maximum absolute atomic E-state index is 5.90. The van der Waals surface area contributed by atoms with Crippen LogP contribution in [-0.4, -0.2) is 35.3 Å². The molecule has 0 N–H and O–H groups in total. The minimum Gasteiger partial charge on any atom is -0.374 e. The second-order valence-corrected chi connectivity index (χ2v) is 6.37. The van der Waals surface area contributed by atoms with E-state index in [0.717, 1.165) is 28.7 Å². The molecule has 1 aliphatic carbocycles. The Labute approximate surface area is 126 Å². The van der Waals surface area contributed by atoms with E-state index in [9.17, 15) is 0 Å². The van der Waals surface area contributed by atoms with Gasteiger partial charge in [-0.1, -0.05) is 0 Å². The van der Waals surface area contributed by atoms with Crippen LogP contribution in [0.25, 0.3) is 11.0 Å². The third kappa shape index (κ3) is 2.00. The maximum atomic E-state index is 5.90. The molecule has 0 amide bonds. The van der Waals surface area contributed by atoms with Gasteiger partial charge in [-0.15, -0.1) is 0 Å². The van der Waals surface area contributed by atoms with Crippen LogP contribution in [0.1, 0.15) is 19.3 Å². The van der Waals surface area contributed by atoms with Gasteiger partial charge >= 0.3 is 0 Å². The van der Waals surface area contributed by atoms with Crippen molar-refractivity contribution in [3.05, 3.63) is 29.0 Å². The molecular formula is C15H16BrN3O. The molecule has 0 aromatic carbocycles. The third-order valence-corrected chi connectivity index (χ3v) is 4.75. The topological polar surface area (TPSA) is 38.2 Å². The SMILES string of the molecule is Brc1cnc2c(N3CCOC4CCCC43)ccnc2c1. The van der Waals surface area contributed by atoms with Crippen LogP contribution in [0.15, 0.2) is 29.0 Å². The predicted molar refractivity (Wildman–Crippen MR) is 82.0 cm³/mol. The molecule has 4 rings (SSSR count). The van der Waals surface area contributed by atoms with Crippen molar-refractivity contribution in [1.29, 1.82) is 0 Å². The van der Waals surface area contributed by atoms with Crippen molar-refractivity contribution in [2.45, 2.75) is 31.4 Å². The number of halogens is 1. The fourth-order valence-corrected chi connectivity index (χ4v) is 3.77. The first-order chi connectivity index (χ1) is 9.83. The van der Waals surface area contributed by atoms with Crippen LogP contribution in [0.3, 0.4) is 0 Å². The summed E-state index contributed by atoms with van der Waals surface area (Å²) in [6.07, 6.45) is 7.77. The molecule has 3 heterocycles. The van der Waals surface area contributed by atoms with Crippen LogP contribution < -0.4 is 4.90 Å². The second-order valence-electron chi connectivity index (χ2n) is 5.45. The summed E-state index contributed by atoms with van der Waals surface area (Å²) in [5.74, 6) is 0. The first kappa shape index (κ1) is 12.5. The van der Waals surface area contributed by atoms with Gasteiger partial charge in [-0.25, -0.2) is 0 Å². The van der Waals surface area contributed by atoms with Gasteiger partial charge in [0.1, 0.15) is 5.52 Å². The number of nitrogens with zero attached hydrogens (tertiary/aromatic N) is 3. The Morgan fingerprint density at radius 2 is 2.25 bits per heavy atom. The number of fused-ring (bicyclic) bond motifs is 2. The van der Waals surface area contributed by atoms with Gasteiger partial charge in [0.2, 0.25) is 0 Å². The fraction of sp³-hybridized carbons (Fsp3) is 0.467. The average Bonchev–Trinajstić information content (AvgIpc) is 2.94. The van der Waals surface area contributed by atoms with Crippen molar-refractivity contribution in [2.24, 2.45) is 0 Å². The van der Waals surface area contributed by atoms with Crippen LogP contribution in [0.5, 0.6) is 0 Å². The zero-order valence-corrected chi connectivity index (χ0v) is 12.7. The molecule has 2 atom stereocenters.